The number of aromatic amines is 1. The van der Waals surface area contributed by atoms with E-state index in [1.54, 1.807) is 0 Å². The smallest absolute Gasteiger partial charge is 0.170 e. The lowest BCUT2D eigenvalue weighted by molar-refractivity contribution is 0.269. The summed E-state index contributed by atoms with van der Waals surface area (Å²) in [7, 11) is 0. The predicted octanol–water partition coefficient (Wildman–Crippen LogP) is 1.36. The highest BCUT2D eigenvalue weighted by Gasteiger charge is 2.31. The van der Waals surface area contributed by atoms with Crippen LogP contribution in [0.25, 0.3) is 0 Å². The lowest BCUT2D eigenvalue weighted by atomic mass is 9.90. The van der Waals surface area contributed by atoms with Gasteiger partial charge in [-0.1, -0.05) is 6.92 Å². The second-order valence-electron chi connectivity index (χ2n) is 4.18. The molecule has 2 heterocycles. The second kappa shape index (κ2) is 3.69. The van der Waals surface area contributed by atoms with Gasteiger partial charge in [0.1, 0.15) is 5.82 Å². The Bertz CT molecular complexity index is 299. The van der Waals surface area contributed by atoms with Gasteiger partial charge in [-0.15, -0.1) is 0 Å². The third-order valence-corrected chi connectivity index (χ3v) is 2.98. The van der Waals surface area contributed by atoms with Crippen LogP contribution in [-0.4, -0.2) is 21.7 Å². The number of aromatic nitrogens is 3. The summed E-state index contributed by atoms with van der Waals surface area (Å²) in [6.07, 6.45) is 4.58. The Morgan fingerprint density at radius 3 is 2.86 bits per heavy atom. The molecule has 0 bridgehead atoms. The van der Waals surface area contributed by atoms with Gasteiger partial charge in [0.15, 0.2) is 5.82 Å². The molecule has 1 atom stereocenters. The first-order valence-corrected chi connectivity index (χ1v) is 5.41. The Morgan fingerprint density at radius 2 is 2.29 bits per heavy atom. The average Bonchev–Trinajstić information content (AvgIpc) is 2.67. The van der Waals surface area contributed by atoms with E-state index in [0.717, 1.165) is 31.0 Å². The molecule has 0 spiro atoms. The van der Waals surface area contributed by atoms with E-state index in [0.29, 0.717) is 0 Å². The number of nitrogens with one attached hydrogen (secondary N) is 2. The van der Waals surface area contributed by atoms with Crippen molar-refractivity contribution in [2.24, 2.45) is 0 Å². The zero-order chi connectivity index (χ0) is 10.0. The topological polar surface area (TPSA) is 53.6 Å². The quantitative estimate of drug-likeness (QED) is 0.747. The molecule has 1 saturated heterocycles. The summed E-state index contributed by atoms with van der Waals surface area (Å²) in [4.78, 5) is 4.50. The van der Waals surface area contributed by atoms with Crippen LogP contribution in [0.2, 0.25) is 0 Å². The highest BCUT2D eigenvalue weighted by atomic mass is 15.2. The second-order valence-corrected chi connectivity index (χ2v) is 4.18. The minimum Gasteiger partial charge on any atom is -0.305 e. The number of aryl methyl sites for hydroxylation is 1. The molecule has 0 radical (unpaired) electrons. The van der Waals surface area contributed by atoms with E-state index in [-0.39, 0.29) is 5.54 Å². The summed E-state index contributed by atoms with van der Waals surface area (Å²) < 4.78 is 0. The molecule has 0 aliphatic carbocycles. The molecule has 1 aliphatic heterocycles. The van der Waals surface area contributed by atoms with Gasteiger partial charge < -0.3 is 5.32 Å². The highest BCUT2D eigenvalue weighted by molar-refractivity contribution is 5.06. The van der Waals surface area contributed by atoms with Crippen molar-refractivity contribution in [1.82, 2.24) is 20.5 Å². The van der Waals surface area contributed by atoms with Gasteiger partial charge in [0.05, 0.1) is 5.54 Å². The van der Waals surface area contributed by atoms with Crippen LogP contribution in [0.15, 0.2) is 0 Å². The minimum absolute atomic E-state index is 0.0117. The molecule has 1 fully saturated rings. The van der Waals surface area contributed by atoms with Crippen LogP contribution in [0.1, 0.15) is 44.8 Å². The van der Waals surface area contributed by atoms with Crippen LogP contribution in [0.3, 0.4) is 0 Å². The molecular weight excluding hydrogens is 176 g/mol. The normalized spacial score (nSPS) is 27.9. The van der Waals surface area contributed by atoms with Crippen LogP contribution in [0, 0.1) is 0 Å². The summed E-state index contributed by atoms with van der Waals surface area (Å²) in [5.41, 5.74) is -0.0117. The molecule has 1 unspecified atom stereocenters. The Morgan fingerprint density at radius 1 is 1.43 bits per heavy atom. The zero-order valence-electron chi connectivity index (χ0n) is 8.93. The van der Waals surface area contributed by atoms with E-state index < -0.39 is 0 Å². The number of nitrogens with zero attached hydrogens (tertiary/aromatic N) is 2. The average molecular weight is 194 g/mol. The van der Waals surface area contributed by atoms with E-state index in [1.165, 1.54) is 12.8 Å². The molecule has 1 aromatic heterocycles. The van der Waals surface area contributed by atoms with Crippen molar-refractivity contribution in [2.45, 2.75) is 45.1 Å². The van der Waals surface area contributed by atoms with Gasteiger partial charge in [-0.25, -0.2) is 4.98 Å². The van der Waals surface area contributed by atoms with Crippen LogP contribution < -0.4 is 5.32 Å². The van der Waals surface area contributed by atoms with Crippen molar-refractivity contribution < 1.29 is 0 Å². The monoisotopic (exact) mass is 194 g/mol. The molecule has 14 heavy (non-hydrogen) atoms. The summed E-state index contributed by atoms with van der Waals surface area (Å²) >= 11 is 0. The maximum absolute atomic E-state index is 4.50. The van der Waals surface area contributed by atoms with Gasteiger partial charge in [0.2, 0.25) is 0 Å². The third kappa shape index (κ3) is 1.66. The molecule has 1 aliphatic rings. The molecule has 4 nitrogen and oxygen atoms in total. The molecule has 2 N–H and O–H groups in total. The van der Waals surface area contributed by atoms with E-state index in [9.17, 15) is 0 Å². The largest absolute Gasteiger partial charge is 0.305 e. The van der Waals surface area contributed by atoms with Crippen LogP contribution in [0.4, 0.5) is 0 Å². The van der Waals surface area contributed by atoms with Crippen LogP contribution >= 0.6 is 0 Å². The number of H-pyrrole nitrogens is 1. The zero-order valence-corrected chi connectivity index (χ0v) is 8.93. The van der Waals surface area contributed by atoms with Crippen molar-refractivity contribution >= 4 is 0 Å². The molecular formula is C10H18N4. The van der Waals surface area contributed by atoms with Gasteiger partial charge in [0.25, 0.3) is 0 Å². The van der Waals surface area contributed by atoms with Crippen molar-refractivity contribution in [2.75, 3.05) is 6.54 Å². The first-order valence-electron chi connectivity index (χ1n) is 5.41. The predicted molar refractivity (Wildman–Crippen MR) is 55.0 cm³/mol. The summed E-state index contributed by atoms with van der Waals surface area (Å²) in [5.74, 6) is 1.91. The van der Waals surface area contributed by atoms with Crippen LogP contribution in [0.5, 0.6) is 0 Å². The van der Waals surface area contributed by atoms with E-state index in [2.05, 4.69) is 34.3 Å². The lowest BCUT2D eigenvalue weighted by Crippen LogP contribution is -2.44. The third-order valence-electron chi connectivity index (χ3n) is 2.98. The van der Waals surface area contributed by atoms with Gasteiger partial charge in [-0.05, 0) is 32.7 Å². The van der Waals surface area contributed by atoms with Gasteiger partial charge in [0, 0.05) is 6.42 Å². The molecule has 4 heteroatoms. The SMILES string of the molecule is CCc1nc(C2(C)CCCCN2)n[nH]1. The molecule has 2 rings (SSSR count). The summed E-state index contributed by atoms with van der Waals surface area (Å²) in [6, 6.07) is 0. The fraction of sp³-hybridized carbons (Fsp3) is 0.800. The van der Waals surface area contributed by atoms with Crippen LogP contribution in [-0.2, 0) is 12.0 Å². The first-order chi connectivity index (χ1) is 6.74. The lowest BCUT2D eigenvalue weighted by Gasteiger charge is -2.32. The van der Waals surface area contributed by atoms with E-state index in [1.807, 2.05) is 0 Å². The number of rotatable bonds is 2. The van der Waals surface area contributed by atoms with Gasteiger partial charge in [-0.2, -0.15) is 5.10 Å². The Kier molecular flexibility index (Phi) is 2.54. The molecule has 1 aromatic rings. The van der Waals surface area contributed by atoms with Crippen molar-refractivity contribution in [3.05, 3.63) is 11.6 Å². The molecule has 78 valence electrons. The number of piperidine rings is 1. The molecule has 0 amide bonds. The van der Waals surface area contributed by atoms with Gasteiger partial charge >= 0.3 is 0 Å². The first kappa shape index (κ1) is 9.65. The number of hydrogen-bond donors (Lipinski definition) is 2. The maximum Gasteiger partial charge on any atom is 0.170 e. The van der Waals surface area contributed by atoms with Crippen molar-refractivity contribution in [3.63, 3.8) is 0 Å². The van der Waals surface area contributed by atoms with Crippen molar-refractivity contribution in [1.29, 1.82) is 0 Å². The standard InChI is InChI=1S/C10H18N4/c1-3-8-12-9(14-13-8)10(2)6-4-5-7-11-10/h11H,3-7H2,1-2H3,(H,12,13,14). The van der Waals surface area contributed by atoms with E-state index in [4.69, 9.17) is 0 Å². The maximum atomic E-state index is 4.50. The Hall–Kier alpha value is -0.900. The minimum atomic E-state index is -0.0117. The summed E-state index contributed by atoms with van der Waals surface area (Å²) in [6.45, 7) is 5.35. The van der Waals surface area contributed by atoms with E-state index >= 15 is 0 Å². The molecule has 0 aromatic carbocycles. The molecule has 0 saturated carbocycles. The van der Waals surface area contributed by atoms with Gasteiger partial charge in [-0.3, -0.25) is 5.10 Å². The fourth-order valence-corrected chi connectivity index (χ4v) is 1.95. The fourth-order valence-electron chi connectivity index (χ4n) is 1.95. The number of hydrogen-bond acceptors (Lipinski definition) is 3. The Balaban J connectivity index is 2.19. The Labute approximate surface area is 84.5 Å². The van der Waals surface area contributed by atoms with Crippen molar-refractivity contribution in [3.8, 4) is 0 Å². The summed E-state index contributed by atoms with van der Waals surface area (Å²) in [5, 5.41) is 10.8. The highest BCUT2D eigenvalue weighted by Crippen LogP contribution is 2.26.